The van der Waals surface area contributed by atoms with Crippen LogP contribution in [0.15, 0.2) is 53.0 Å². The first-order chi connectivity index (χ1) is 10.2. The molecule has 0 unspecified atom stereocenters. The van der Waals surface area contributed by atoms with Crippen molar-refractivity contribution in [2.24, 2.45) is 0 Å². The second kappa shape index (κ2) is 7.96. The summed E-state index contributed by atoms with van der Waals surface area (Å²) in [6.07, 6.45) is 1.09. The summed E-state index contributed by atoms with van der Waals surface area (Å²) in [6.45, 7) is 0.410. The fourth-order valence-corrected chi connectivity index (χ4v) is 2.23. The molecular formula is C17H17BrO3. The van der Waals surface area contributed by atoms with E-state index in [0.717, 1.165) is 10.0 Å². The largest absolute Gasteiger partial charge is 0.493 e. The Morgan fingerprint density at radius 3 is 2.52 bits per heavy atom. The molecule has 0 fully saturated rings. The summed E-state index contributed by atoms with van der Waals surface area (Å²) in [5.41, 5.74) is 1.48. The standard InChI is InChI=1S/C17H17BrO3/c18-15-9-7-13(8-10-15)16(20)5-3-11-21-17-6-2-1-4-14(17)12-19/h1-2,4,6-10,19H,3,5,11-12H2. The Balaban J connectivity index is 1.79. The summed E-state index contributed by atoms with van der Waals surface area (Å²) < 4.78 is 6.57. The molecule has 21 heavy (non-hydrogen) atoms. The van der Waals surface area contributed by atoms with Crippen molar-refractivity contribution in [1.82, 2.24) is 0 Å². The quantitative estimate of drug-likeness (QED) is 0.607. The predicted molar refractivity (Wildman–Crippen MR) is 85.6 cm³/mol. The number of carbonyl (C=O) groups excluding carboxylic acids is 1. The van der Waals surface area contributed by atoms with Gasteiger partial charge in [-0.25, -0.2) is 0 Å². The van der Waals surface area contributed by atoms with Crippen molar-refractivity contribution in [1.29, 1.82) is 0 Å². The zero-order chi connectivity index (χ0) is 15.1. The van der Waals surface area contributed by atoms with Gasteiger partial charge in [-0.3, -0.25) is 4.79 Å². The molecule has 0 saturated heterocycles. The van der Waals surface area contributed by atoms with E-state index in [0.29, 0.717) is 30.8 Å². The number of ether oxygens (including phenoxy) is 1. The van der Waals surface area contributed by atoms with E-state index in [4.69, 9.17) is 4.74 Å². The molecule has 2 aromatic carbocycles. The van der Waals surface area contributed by atoms with Crippen molar-refractivity contribution < 1.29 is 14.6 Å². The molecule has 0 aliphatic carbocycles. The molecule has 0 amide bonds. The van der Waals surface area contributed by atoms with Crippen LogP contribution in [0.5, 0.6) is 5.75 Å². The Labute approximate surface area is 132 Å². The Bertz CT molecular complexity index is 593. The normalized spacial score (nSPS) is 10.4. The third-order valence-corrected chi connectivity index (χ3v) is 3.64. The molecular weight excluding hydrogens is 332 g/mol. The third kappa shape index (κ3) is 4.69. The second-order valence-corrected chi connectivity index (χ2v) is 5.56. The zero-order valence-electron chi connectivity index (χ0n) is 11.6. The highest BCUT2D eigenvalue weighted by Crippen LogP contribution is 2.18. The number of halogens is 1. The summed E-state index contributed by atoms with van der Waals surface area (Å²) in [6, 6.07) is 14.7. The monoisotopic (exact) mass is 348 g/mol. The topological polar surface area (TPSA) is 46.5 Å². The van der Waals surface area contributed by atoms with Gasteiger partial charge < -0.3 is 9.84 Å². The molecule has 0 saturated carbocycles. The van der Waals surface area contributed by atoms with Crippen LogP contribution >= 0.6 is 15.9 Å². The molecule has 2 aromatic rings. The number of ketones is 1. The van der Waals surface area contributed by atoms with Gasteiger partial charge in [0.05, 0.1) is 13.2 Å². The van der Waals surface area contributed by atoms with Gasteiger partial charge in [0.15, 0.2) is 5.78 Å². The molecule has 0 aromatic heterocycles. The van der Waals surface area contributed by atoms with Gasteiger partial charge in [-0.2, -0.15) is 0 Å². The second-order valence-electron chi connectivity index (χ2n) is 4.65. The highest BCUT2D eigenvalue weighted by molar-refractivity contribution is 9.10. The number of carbonyl (C=O) groups is 1. The minimum Gasteiger partial charge on any atom is -0.493 e. The van der Waals surface area contributed by atoms with Gasteiger partial charge in [0.2, 0.25) is 0 Å². The lowest BCUT2D eigenvalue weighted by molar-refractivity contribution is 0.0973. The van der Waals surface area contributed by atoms with Crippen molar-refractivity contribution in [2.75, 3.05) is 6.61 Å². The Hall–Kier alpha value is -1.65. The lowest BCUT2D eigenvalue weighted by Gasteiger charge is -2.09. The van der Waals surface area contributed by atoms with Crippen LogP contribution in [-0.2, 0) is 6.61 Å². The highest BCUT2D eigenvalue weighted by atomic mass is 79.9. The summed E-state index contributed by atoms with van der Waals surface area (Å²) >= 11 is 3.35. The number of aliphatic hydroxyl groups excluding tert-OH is 1. The van der Waals surface area contributed by atoms with E-state index in [9.17, 15) is 9.90 Å². The fraction of sp³-hybridized carbons (Fsp3) is 0.235. The molecule has 2 rings (SSSR count). The summed E-state index contributed by atoms with van der Waals surface area (Å²) in [4.78, 5) is 12.0. The summed E-state index contributed by atoms with van der Waals surface area (Å²) in [7, 11) is 0. The van der Waals surface area contributed by atoms with Crippen molar-refractivity contribution in [3.8, 4) is 5.75 Å². The first kappa shape index (κ1) is 15.7. The van der Waals surface area contributed by atoms with Gasteiger partial charge >= 0.3 is 0 Å². The SMILES string of the molecule is O=C(CCCOc1ccccc1CO)c1ccc(Br)cc1. The average Bonchev–Trinajstić information content (AvgIpc) is 2.52. The van der Waals surface area contributed by atoms with Crippen LogP contribution < -0.4 is 4.74 Å². The Morgan fingerprint density at radius 1 is 1.10 bits per heavy atom. The molecule has 0 heterocycles. The van der Waals surface area contributed by atoms with Crippen LogP contribution in [-0.4, -0.2) is 17.5 Å². The molecule has 0 spiro atoms. The Morgan fingerprint density at radius 2 is 1.81 bits per heavy atom. The number of aliphatic hydroxyl groups is 1. The van der Waals surface area contributed by atoms with Crippen molar-refractivity contribution in [3.63, 3.8) is 0 Å². The molecule has 0 bridgehead atoms. The van der Waals surface area contributed by atoms with E-state index in [1.54, 1.807) is 0 Å². The van der Waals surface area contributed by atoms with E-state index in [1.165, 1.54) is 0 Å². The predicted octanol–water partition coefficient (Wildman–Crippen LogP) is 3.98. The minimum atomic E-state index is -0.0476. The maximum absolute atomic E-state index is 12.0. The molecule has 4 heteroatoms. The van der Waals surface area contributed by atoms with E-state index < -0.39 is 0 Å². The van der Waals surface area contributed by atoms with Crippen LogP contribution in [0.3, 0.4) is 0 Å². The van der Waals surface area contributed by atoms with E-state index in [1.807, 2.05) is 48.5 Å². The van der Waals surface area contributed by atoms with E-state index >= 15 is 0 Å². The van der Waals surface area contributed by atoms with Gasteiger partial charge in [0.1, 0.15) is 5.75 Å². The van der Waals surface area contributed by atoms with Crippen molar-refractivity contribution >= 4 is 21.7 Å². The van der Waals surface area contributed by atoms with Crippen LogP contribution in [0.4, 0.5) is 0 Å². The molecule has 110 valence electrons. The molecule has 0 radical (unpaired) electrons. The number of benzene rings is 2. The molecule has 0 aliphatic heterocycles. The summed E-state index contributed by atoms with van der Waals surface area (Å²) in [5.74, 6) is 0.789. The number of para-hydroxylation sites is 1. The third-order valence-electron chi connectivity index (χ3n) is 3.11. The van der Waals surface area contributed by atoms with E-state index in [-0.39, 0.29) is 12.4 Å². The maximum atomic E-state index is 12.0. The smallest absolute Gasteiger partial charge is 0.163 e. The zero-order valence-corrected chi connectivity index (χ0v) is 13.2. The number of hydrogen-bond acceptors (Lipinski definition) is 3. The average molecular weight is 349 g/mol. The van der Waals surface area contributed by atoms with Gasteiger partial charge in [0.25, 0.3) is 0 Å². The Kier molecular flexibility index (Phi) is 5.96. The lowest BCUT2D eigenvalue weighted by Crippen LogP contribution is -2.05. The number of hydrogen-bond donors (Lipinski definition) is 1. The molecule has 1 N–H and O–H groups in total. The van der Waals surface area contributed by atoms with Gasteiger partial charge in [-0.15, -0.1) is 0 Å². The molecule has 0 atom stereocenters. The van der Waals surface area contributed by atoms with Crippen molar-refractivity contribution in [2.45, 2.75) is 19.4 Å². The van der Waals surface area contributed by atoms with Gasteiger partial charge in [0, 0.05) is 22.0 Å². The van der Waals surface area contributed by atoms with Crippen molar-refractivity contribution in [3.05, 3.63) is 64.1 Å². The van der Waals surface area contributed by atoms with Crippen LogP contribution in [0.2, 0.25) is 0 Å². The first-order valence-electron chi connectivity index (χ1n) is 6.81. The maximum Gasteiger partial charge on any atom is 0.163 e. The minimum absolute atomic E-state index is 0.0476. The van der Waals surface area contributed by atoms with E-state index in [2.05, 4.69) is 15.9 Å². The van der Waals surface area contributed by atoms with Gasteiger partial charge in [-0.1, -0.05) is 46.3 Å². The molecule has 0 aliphatic rings. The number of rotatable bonds is 7. The molecule has 3 nitrogen and oxygen atoms in total. The fourth-order valence-electron chi connectivity index (χ4n) is 1.97. The number of Topliss-reactive ketones (excluding diaryl/α,β-unsaturated/α-hetero) is 1. The first-order valence-corrected chi connectivity index (χ1v) is 7.60. The lowest BCUT2D eigenvalue weighted by atomic mass is 10.1. The van der Waals surface area contributed by atoms with Gasteiger partial charge in [-0.05, 0) is 24.6 Å². The summed E-state index contributed by atoms with van der Waals surface area (Å²) in [5, 5.41) is 9.20. The van der Waals surface area contributed by atoms with Crippen LogP contribution in [0.25, 0.3) is 0 Å². The highest BCUT2D eigenvalue weighted by Gasteiger charge is 2.06. The van der Waals surface area contributed by atoms with Crippen LogP contribution in [0.1, 0.15) is 28.8 Å². The van der Waals surface area contributed by atoms with Crippen LogP contribution in [0, 0.1) is 0 Å².